The summed E-state index contributed by atoms with van der Waals surface area (Å²) in [5.74, 6) is 0.507. The van der Waals surface area contributed by atoms with Crippen LogP contribution >= 0.6 is 0 Å². The summed E-state index contributed by atoms with van der Waals surface area (Å²) in [6, 6.07) is 0. The van der Waals surface area contributed by atoms with Crippen LogP contribution in [0.3, 0.4) is 0 Å². The SMILES string of the molecule is CC.CCCCCCCCCCCCCCOCC(C)CN. The summed E-state index contributed by atoms with van der Waals surface area (Å²) >= 11 is 0. The highest BCUT2D eigenvalue weighted by molar-refractivity contribution is 4.51. The largest absolute Gasteiger partial charge is 0.381 e. The van der Waals surface area contributed by atoms with E-state index in [0.717, 1.165) is 19.8 Å². The molecule has 2 nitrogen and oxygen atoms in total. The van der Waals surface area contributed by atoms with Gasteiger partial charge in [-0.3, -0.25) is 0 Å². The molecule has 2 heteroatoms. The lowest BCUT2D eigenvalue weighted by Crippen LogP contribution is -2.16. The van der Waals surface area contributed by atoms with Crippen molar-refractivity contribution in [2.45, 2.75) is 105 Å². The van der Waals surface area contributed by atoms with Gasteiger partial charge in [0.15, 0.2) is 0 Å². The van der Waals surface area contributed by atoms with E-state index >= 15 is 0 Å². The molecule has 2 N–H and O–H groups in total. The van der Waals surface area contributed by atoms with Crippen LogP contribution in [0.2, 0.25) is 0 Å². The third-order valence-electron chi connectivity index (χ3n) is 3.95. The van der Waals surface area contributed by atoms with Crippen LogP contribution in [0.5, 0.6) is 0 Å². The number of rotatable bonds is 16. The summed E-state index contributed by atoms with van der Waals surface area (Å²) in [4.78, 5) is 0. The molecule has 0 saturated carbocycles. The van der Waals surface area contributed by atoms with E-state index in [2.05, 4.69) is 13.8 Å². The molecule has 0 heterocycles. The van der Waals surface area contributed by atoms with E-state index in [9.17, 15) is 0 Å². The lowest BCUT2D eigenvalue weighted by Gasteiger charge is -2.09. The molecular formula is C20H45NO. The fraction of sp³-hybridized carbons (Fsp3) is 1.00. The van der Waals surface area contributed by atoms with Crippen molar-refractivity contribution >= 4 is 0 Å². The molecule has 0 spiro atoms. The second kappa shape index (κ2) is 23.2. The number of hydrogen-bond acceptors (Lipinski definition) is 2. The minimum absolute atomic E-state index is 0.507. The van der Waals surface area contributed by atoms with Gasteiger partial charge in [-0.05, 0) is 18.9 Å². The first-order valence-corrected chi connectivity index (χ1v) is 10.1. The zero-order chi connectivity index (χ0) is 16.9. The Kier molecular flexibility index (Phi) is 25.5. The first-order valence-electron chi connectivity index (χ1n) is 10.1. The van der Waals surface area contributed by atoms with Gasteiger partial charge < -0.3 is 10.5 Å². The van der Waals surface area contributed by atoms with Gasteiger partial charge in [0, 0.05) is 6.61 Å². The molecule has 0 aromatic heterocycles. The Labute approximate surface area is 141 Å². The molecular weight excluding hydrogens is 270 g/mol. The molecule has 0 aliphatic rings. The standard InChI is InChI=1S/C18H39NO.C2H6/c1-3-4-5-6-7-8-9-10-11-12-13-14-15-20-17-18(2)16-19;1-2/h18H,3-17,19H2,1-2H3;1-2H3. The van der Waals surface area contributed by atoms with Crippen molar-refractivity contribution in [2.75, 3.05) is 19.8 Å². The minimum Gasteiger partial charge on any atom is -0.381 e. The summed E-state index contributed by atoms with van der Waals surface area (Å²) in [5, 5.41) is 0. The summed E-state index contributed by atoms with van der Waals surface area (Å²) in [6.07, 6.45) is 16.8. The summed E-state index contributed by atoms with van der Waals surface area (Å²) in [6.45, 7) is 10.9. The average Bonchev–Trinajstić information content (AvgIpc) is 2.56. The highest BCUT2D eigenvalue weighted by atomic mass is 16.5. The van der Waals surface area contributed by atoms with Gasteiger partial charge in [0.2, 0.25) is 0 Å². The Morgan fingerprint density at radius 1 is 0.727 bits per heavy atom. The van der Waals surface area contributed by atoms with Crippen molar-refractivity contribution in [1.29, 1.82) is 0 Å². The van der Waals surface area contributed by atoms with E-state index < -0.39 is 0 Å². The third kappa shape index (κ3) is 22.2. The van der Waals surface area contributed by atoms with E-state index in [-0.39, 0.29) is 0 Å². The molecule has 0 amide bonds. The highest BCUT2D eigenvalue weighted by Gasteiger charge is 1.98. The van der Waals surface area contributed by atoms with E-state index in [0.29, 0.717) is 5.92 Å². The maximum Gasteiger partial charge on any atom is 0.0503 e. The highest BCUT2D eigenvalue weighted by Crippen LogP contribution is 2.11. The van der Waals surface area contributed by atoms with Crippen LogP contribution in [0, 0.1) is 5.92 Å². The molecule has 1 unspecified atom stereocenters. The van der Waals surface area contributed by atoms with Gasteiger partial charge in [0.25, 0.3) is 0 Å². The lowest BCUT2D eigenvalue weighted by molar-refractivity contribution is 0.103. The van der Waals surface area contributed by atoms with Gasteiger partial charge in [0.1, 0.15) is 0 Å². The first-order chi connectivity index (χ1) is 10.8. The third-order valence-corrected chi connectivity index (χ3v) is 3.95. The summed E-state index contributed by atoms with van der Waals surface area (Å²) < 4.78 is 5.60. The van der Waals surface area contributed by atoms with Gasteiger partial charge in [0.05, 0.1) is 6.61 Å². The van der Waals surface area contributed by atoms with Crippen LogP contribution in [0.15, 0.2) is 0 Å². The van der Waals surface area contributed by atoms with Crippen molar-refractivity contribution < 1.29 is 4.74 Å². The molecule has 0 radical (unpaired) electrons. The zero-order valence-corrected chi connectivity index (χ0v) is 16.2. The Morgan fingerprint density at radius 3 is 1.55 bits per heavy atom. The van der Waals surface area contributed by atoms with Gasteiger partial charge >= 0.3 is 0 Å². The van der Waals surface area contributed by atoms with E-state index in [1.165, 1.54) is 77.0 Å². The van der Waals surface area contributed by atoms with Gasteiger partial charge in [-0.25, -0.2) is 0 Å². The second-order valence-corrected chi connectivity index (χ2v) is 6.30. The molecule has 0 fully saturated rings. The Bertz CT molecular complexity index is 173. The van der Waals surface area contributed by atoms with Gasteiger partial charge in [-0.2, -0.15) is 0 Å². The van der Waals surface area contributed by atoms with Crippen molar-refractivity contribution in [1.82, 2.24) is 0 Å². The van der Waals surface area contributed by atoms with E-state index in [1.54, 1.807) is 0 Å². The van der Waals surface area contributed by atoms with Crippen LogP contribution < -0.4 is 5.73 Å². The van der Waals surface area contributed by atoms with E-state index in [4.69, 9.17) is 10.5 Å². The number of hydrogen-bond donors (Lipinski definition) is 1. The van der Waals surface area contributed by atoms with Crippen LogP contribution in [-0.4, -0.2) is 19.8 Å². The Balaban J connectivity index is 0. The number of ether oxygens (including phenoxy) is 1. The first kappa shape index (κ1) is 24.2. The maximum absolute atomic E-state index is 5.60. The molecule has 0 bridgehead atoms. The number of nitrogens with two attached hydrogens (primary N) is 1. The molecule has 0 rings (SSSR count). The fourth-order valence-corrected chi connectivity index (χ4v) is 2.40. The van der Waals surface area contributed by atoms with Gasteiger partial charge in [-0.15, -0.1) is 0 Å². The Morgan fingerprint density at radius 2 is 1.14 bits per heavy atom. The molecule has 0 aromatic carbocycles. The predicted octanol–water partition coefficient (Wildman–Crippen LogP) is 6.33. The van der Waals surface area contributed by atoms with Crippen molar-refractivity contribution in [3.8, 4) is 0 Å². The smallest absolute Gasteiger partial charge is 0.0503 e. The Hall–Kier alpha value is -0.0800. The van der Waals surface area contributed by atoms with Crippen molar-refractivity contribution in [3.05, 3.63) is 0 Å². The molecule has 1 atom stereocenters. The average molecular weight is 316 g/mol. The van der Waals surface area contributed by atoms with Crippen LogP contribution in [0.4, 0.5) is 0 Å². The quantitative estimate of drug-likeness (QED) is 0.338. The second-order valence-electron chi connectivity index (χ2n) is 6.30. The van der Waals surface area contributed by atoms with Crippen LogP contribution in [0.1, 0.15) is 105 Å². The van der Waals surface area contributed by atoms with Gasteiger partial charge in [-0.1, -0.05) is 98.3 Å². The minimum atomic E-state index is 0.507. The van der Waals surface area contributed by atoms with E-state index in [1.807, 2.05) is 13.8 Å². The molecule has 0 aliphatic carbocycles. The summed E-state index contributed by atoms with van der Waals surface area (Å²) in [7, 11) is 0. The molecule has 136 valence electrons. The zero-order valence-electron chi connectivity index (χ0n) is 16.2. The predicted molar refractivity (Wildman–Crippen MR) is 101 cm³/mol. The number of unbranched alkanes of at least 4 members (excludes halogenated alkanes) is 11. The molecule has 0 aromatic rings. The van der Waals surface area contributed by atoms with Crippen molar-refractivity contribution in [3.63, 3.8) is 0 Å². The monoisotopic (exact) mass is 315 g/mol. The topological polar surface area (TPSA) is 35.2 Å². The van der Waals surface area contributed by atoms with Crippen LogP contribution in [-0.2, 0) is 4.74 Å². The molecule has 22 heavy (non-hydrogen) atoms. The normalized spacial score (nSPS) is 11.9. The molecule has 0 aliphatic heterocycles. The fourth-order valence-electron chi connectivity index (χ4n) is 2.40. The maximum atomic E-state index is 5.60. The molecule has 0 saturated heterocycles. The lowest BCUT2D eigenvalue weighted by atomic mass is 10.1. The summed E-state index contributed by atoms with van der Waals surface area (Å²) in [5.41, 5.74) is 5.55. The van der Waals surface area contributed by atoms with Crippen LogP contribution in [0.25, 0.3) is 0 Å². The van der Waals surface area contributed by atoms with Crippen molar-refractivity contribution in [2.24, 2.45) is 11.7 Å².